The molecule has 0 fully saturated rings. The van der Waals surface area contributed by atoms with Crippen molar-refractivity contribution in [2.45, 2.75) is 33.1 Å². The highest BCUT2D eigenvalue weighted by Gasteiger charge is 2.35. The number of rotatable bonds is 8. The van der Waals surface area contributed by atoms with Crippen LogP contribution in [0.2, 0.25) is 0 Å². The Kier molecular flexibility index (Phi) is 8.49. The molecule has 2 amide bonds. The molecule has 1 aliphatic rings. The third-order valence-electron chi connectivity index (χ3n) is 6.11. The Hall–Kier alpha value is -3.80. The van der Waals surface area contributed by atoms with Crippen LogP contribution in [0.3, 0.4) is 0 Å². The monoisotopic (exact) mass is 528 g/mol. The second-order valence-electron chi connectivity index (χ2n) is 8.62. The Labute approximate surface area is 225 Å². The molecule has 37 heavy (non-hydrogen) atoms. The summed E-state index contributed by atoms with van der Waals surface area (Å²) in [6.07, 6.45) is 0.935. The fourth-order valence-corrected chi connectivity index (χ4v) is 5.86. The summed E-state index contributed by atoms with van der Waals surface area (Å²) >= 11 is 2.76. The van der Waals surface area contributed by atoms with Crippen LogP contribution < -0.4 is 16.0 Å². The summed E-state index contributed by atoms with van der Waals surface area (Å²) < 4.78 is 0. The molecule has 4 rings (SSSR count). The van der Waals surface area contributed by atoms with Gasteiger partial charge in [-0.1, -0.05) is 55.1 Å². The van der Waals surface area contributed by atoms with E-state index < -0.39 is 5.92 Å². The maximum atomic E-state index is 13.5. The number of nitriles is 1. The fourth-order valence-electron chi connectivity index (χ4n) is 4.13. The van der Waals surface area contributed by atoms with Gasteiger partial charge in [-0.25, -0.2) is 0 Å². The Morgan fingerprint density at radius 1 is 1.05 bits per heavy atom. The molecule has 1 aromatic heterocycles. The number of thioether (sulfide) groups is 1. The van der Waals surface area contributed by atoms with E-state index in [0.717, 1.165) is 28.2 Å². The quantitative estimate of drug-likeness (QED) is 0.318. The average molecular weight is 529 g/mol. The van der Waals surface area contributed by atoms with Gasteiger partial charge >= 0.3 is 0 Å². The van der Waals surface area contributed by atoms with Gasteiger partial charge in [0.2, 0.25) is 5.91 Å². The zero-order chi connectivity index (χ0) is 26.4. The van der Waals surface area contributed by atoms with Crippen molar-refractivity contribution in [1.82, 2.24) is 5.32 Å². The predicted molar refractivity (Wildman–Crippen MR) is 152 cm³/mol. The van der Waals surface area contributed by atoms with E-state index in [0.29, 0.717) is 21.9 Å². The number of benzene rings is 2. The normalized spacial score (nSPS) is 15.1. The molecule has 0 saturated carbocycles. The van der Waals surface area contributed by atoms with E-state index >= 15 is 0 Å². The molecule has 0 aliphatic carbocycles. The Balaban J connectivity index is 1.56. The van der Waals surface area contributed by atoms with Crippen LogP contribution in [0.1, 0.15) is 35.8 Å². The second kappa shape index (κ2) is 12.0. The highest BCUT2D eigenvalue weighted by molar-refractivity contribution is 8.03. The van der Waals surface area contributed by atoms with Gasteiger partial charge < -0.3 is 16.0 Å². The third-order valence-corrected chi connectivity index (χ3v) is 8.06. The fraction of sp³-hybridized carbons (Fsp3) is 0.207. The molecule has 0 bridgehead atoms. The number of allylic oxidation sites excluding steroid dienone is 2. The van der Waals surface area contributed by atoms with E-state index in [9.17, 15) is 14.9 Å². The van der Waals surface area contributed by atoms with Gasteiger partial charge in [0, 0.05) is 27.5 Å². The summed E-state index contributed by atoms with van der Waals surface area (Å²) in [6, 6.07) is 21.5. The molecule has 0 radical (unpaired) electrons. The van der Waals surface area contributed by atoms with Crippen LogP contribution in [0.5, 0.6) is 0 Å². The molecule has 1 atom stereocenters. The summed E-state index contributed by atoms with van der Waals surface area (Å²) in [5, 5.41) is 21.9. The lowest BCUT2D eigenvalue weighted by molar-refractivity contribution is -0.114. The Bertz CT molecular complexity index is 1400. The number of nitrogens with one attached hydrogen (secondary N) is 3. The van der Waals surface area contributed by atoms with Crippen molar-refractivity contribution >= 4 is 46.3 Å². The first-order chi connectivity index (χ1) is 17.9. The summed E-state index contributed by atoms with van der Waals surface area (Å²) in [7, 11) is 0. The average Bonchev–Trinajstić information content (AvgIpc) is 3.43. The number of aryl methyl sites for hydroxylation is 2. The summed E-state index contributed by atoms with van der Waals surface area (Å²) in [5.41, 5.74) is 5.18. The molecule has 188 valence electrons. The zero-order valence-electron chi connectivity index (χ0n) is 20.9. The van der Waals surface area contributed by atoms with Gasteiger partial charge in [0.15, 0.2) is 0 Å². The minimum absolute atomic E-state index is 0.123. The highest BCUT2D eigenvalue weighted by atomic mass is 32.2. The first-order valence-corrected chi connectivity index (χ1v) is 13.8. The molecular formula is C29H28N4O2S2. The van der Waals surface area contributed by atoms with Gasteiger partial charge in [-0.15, -0.1) is 11.3 Å². The number of para-hydroxylation sites is 1. The molecule has 3 N–H and O–H groups in total. The maximum absolute atomic E-state index is 13.5. The van der Waals surface area contributed by atoms with Crippen molar-refractivity contribution in [1.29, 1.82) is 5.26 Å². The van der Waals surface area contributed by atoms with E-state index in [1.165, 1.54) is 28.7 Å². The van der Waals surface area contributed by atoms with E-state index in [-0.39, 0.29) is 17.6 Å². The highest BCUT2D eigenvalue weighted by Crippen LogP contribution is 2.42. The predicted octanol–water partition coefficient (Wildman–Crippen LogP) is 6.33. The minimum Gasteiger partial charge on any atom is -0.353 e. The second-order valence-corrected chi connectivity index (χ2v) is 10.6. The van der Waals surface area contributed by atoms with Crippen molar-refractivity contribution in [2.75, 3.05) is 16.4 Å². The molecular weight excluding hydrogens is 500 g/mol. The maximum Gasteiger partial charge on any atom is 0.254 e. The van der Waals surface area contributed by atoms with E-state index in [4.69, 9.17) is 0 Å². The van der Waals surface area contributed by atoms with Gasteiger partial charge in [-0.3, -0.25) is 9.59 Å². The summed E-state index contributed by atoms with van der Waals surface area (Å²) in [4.78, 5) is 27.1. The third kappa shape index (κ3) is 6.13. The molecule has 6 nitrogen and oxygen atoms in total. The molecule has 0 saturated heterocycles. The van der Waals surface area contributed by atoms with Crippen LogP contribution in [0.25, 0.3) is 0 Å². The molecule has 0 unspecified atom stereocenters. The van der Waals surface area contributed by atoms with Crippen molar-refractivity contribution in [3.8, 4) is 6.07 Å². The lowest BCUT2D eigenvalue weighted by Gasteiger charge is -2.29. The minimum atomic E-state index is -0.526. The van der Waals surface area contributed by atoms with Gasteiger partial charge in [-0.05, 0) is 61.0 Å². The van der Waals surface area contributed by atoms with E-state index in [1.807, 2.05) is 79.9 Å². The van der Waals surface area contributed by atoms with Crippen LogP contribution in [-0.2, 0) is 16.0 Å². The van der Waals surface area contributed by atoms with E-state index in [1.54, 1.807) is 0 Å². The van der Waals surface area contributed by atoms with Gasteiger partial charge in [0.1, 0.15) is 0 Å². The van der Waals surface area contributed by atoms with Crippen LogP contribution in [0.4, 0.5) is 11.4 Å². The number of carbonyl (C=O) groups excluding carboxylic acids is 2. The smallest absolute Gasteiger partial charge is 0.254 e. The Morgan fingerprint density at radius 3 is 2.46 bits per heavy atom. The van der Waals surface area contributed by atoms with Crippen molar-refractivity contribution < 1.29 is 9.59 Å². The number of dihydropyridines is 1. The largest absolute Gasteiger partial charge is 0.353 e. The summed E-state index contributed by atoms with van der Waals surface area (Å²) in [5.74, 6) is -0.832. The number of anilines is 2. The molecule has 8 heteroatoms. The van der Waals surface area contributed by atoms with E-state index in [2.05, 4.69) is 28.9 Å². The van der Waals surface area contributed by atoms with Gasteiger partial charge in [0.05, 0.1) is 28.3 Å². The zero-order valence-corrected chi connectivity index (χ0v) is 22.6. The number of hydrogen-bond donors (Lipinski definition) is 3. The van der Waals surface area contributed by atoms with Crippen molar-refractivity contribution in [2.24, 2.45) is 0 Å². The van der Waals surface area contributed by atoms with Crippen molar-refractivity contribution in [3.63, 3.8) is 0 Å². The molecule has 0 spiro atoms. The first-order valence-electron chi connectivity index (χ1n) is 11.9. The van der Waals surface area contributed by atoms with Crippen LogP contribution in [0.15, 0.2) is 87.9 Å². The number of amides is 2. The Morgan fingerprint density at radius 2 is 1.81 bits per heavy atom. The molecule has 1 aliphatic heterocycles. The number of hydrogen-bond acceptors (Lipinski definition) is 6. The number of thiophene rings is 1. The van der Waals surface area contributed by atoms with Gasteiger partial charge in [0.25, 0.3) is 5.91 Å². The van der Waals surface area contributed by atoms with Crippen LogP contribution >= 0.6 is 23.1 Å². The van der Waals surface area contributed by atoms with Crippen molar-refractivity contribution in [3.05, 3.63) is 104 Å². The first kappa shape index (κ1) is 26.3. The lowest BCUT2D eigenvalue weighted by atomic mass is 9.86. The number of carbonyl (C=O) groups is 2. The molecule has 3 aromatic rings. The topological polar surface area (TPSA) is 94.0 Å². The van der Waals surface area contributed by atoms with Crippen LogP contribution in [-0.4, -0.2) is 17.6 Å². The summed E-state index contributed by atoms with van der Waals surface area (Å²) in [6.45, 7) is 5.85. The standard InChI is InChI=1S/C29H28N4O2S2/c1-4-20-11-13-21(14-12-20)32-25(34)17-37-29-22(16-30)27(24-10-7-15-36-24)26(19(3)31-29)28(35)33-23-9-6-5-8-18(23)2/h5-15,27,31H,4,17H2,1-3H3,(H,32,34)(H,33,35)/t27-/m0/s1. The SMILES string of the molecule is CCc1ccc(NC(=O)CSC2=C(C#N)[C@@H](c3cccs3)C(C(=O)Nc3ccccc3C)=C(C)N2)cc1. The van der Waals surface area contributed by atoms with Crippen LogP contribution in [0, 0.1) is 18.3 Å². The molecule has 2 heterocycles. The molecule has 2 aromatic carbocycles. The number of nitrogens with zero attached hydrogens (tertiary/aromatic N) is 1. The van der Waals surface area contributed by atoms with Gasteiger partial charge in [-0.2, -0.15) is 5.26 Å². The lowest BCUT2D eigenvalue weighted by Crippen LogP contribution is -2.31.